The Hall–Kier alpha value is -2.20. The normalized spacial score (nSPS) is 19.3. The fourth-order valence-electron chi connectivity index (χ4n) is 1.82. The Labute approximate surface area is 104 Å². The maximum Gasteiger partial charge on any atom is 0.242 e. The molecule has 94 valence electrons. The highest BCUT2D eigenvalue weighted by molar-refractivity contribution is 5.83. The Kier molecular flexibility index (Phi) is 3.39. The van der Waals surface area contributed by atoms with Crippen molar-refractivity contribution < 1.29 is 9.53 Å². The van der Waals surface area contributed by atoms with E-state index in [0.717, 1.165) is 0 Å². The number of morpholine rings is 1. The molecule has 2 N–H and O–H groups in total. The first-order valence-electron chi connectivity index (χ1n) is 5.51. The summed E-state index contributed by atoms with van der Waals surface area (Å²) in [4.78, 5) is 21.4. The van der Waals surface area contributed by atoms with Crippen LogP contribution in [0.4, 0.5) is 5.95 Å². The molecule has 1 unspecified atom stereocenters. The van der Waals surface area contributed by atoms with E-state index in [1.165, 1.54) is 0 Å². The van der Waals surface area contributed by atoms with Gasteiger partial charge in [0, 0.05) is 12.2 Å². The average Bonchev–Trinajstić information content (AvgIpc) is 2.38. The lowest BCUT2D eigenvalue weighted by atomic mass is 10.2. The van der Waals surface area contributed by atoms with Crippen LogP contribution in [0.25, 0.3) is 0 Å². The Morgan fingerprint density at radius 2 is 2.44 bits per heavy atom. The molecule has 1 amide bonds. The number of rotatable bonds is 2. The maximum atomic E-state index is 11.4. The van der Waals surface area contributed by atoms with Crippen LogP contribution in [0.15, 0.2) is 6.07 Å². The number of nitrogens with zero attached hydrogens (tertiary/aromatic N) is 4. The minimum atomic E-state index is -0.591. The monoisotopic (exact) mass is 247 g/mol. The first-order chi connectivity index (χ1) is 8.61. The fraction of sp³-hybridized carbons (Fsp3) is 0.455. The van der Waals surface area contributed by atoms with Crippen molar-refractivity contribution in [2.75, 3.05) is 24.7 Å². The summed E-state index contributed by atoms with van der Waals surface area (Å²) in [6, 6.07) is 2.96. The minimum absolute atomic E-state index is 0.217. The number of aryl methyl sites for hydroxylation is 1. The summed E-state index contributed by atoms with van der Waals surface area (Å²) in [6.45, 7) is 2.94. The Bertz CT molecular complexity index is 511. The molecule has 1 saturated heterocycles. The Balaban J connectivity index is 2.36. The number of carbonyl (C=O) groups excluding carboxylic acids is 1. The van der Waals surface area contributed by atoms with E-state index in [4.69, 9.17) is 15.7 Å². The van der Waals surface area contributed by atoms with Gasteiger partial charge in [-0.1, -0.05) is 0 Å². The number of ether oxygens (including phenoxy) is 1. The highest BCUT2D eigenvalue weighted by atomic mass is 16.5. The minimum Gasteiger partial charge on any atom is -0.377 e. The summed E-state index contributed by atoms with van der Waals surface area (Å²) in [7, 11) is 0. The van der Waals surface area contributed by atoms with Crippen molar-refractivity contribution in [1.82, 2.24) is 9.97 Å². The van der Waals surface area contributed by atoms with Gasteiger partial charge in [-0.05, 0) is 13.0 Å². The number of aromatic nitrogens is 2. The van der Waals surface area contributed by atoms with Crippen molar-refractivity contribution in [1.29, 1.82) is 5.26 Å². The first kappa shape index (κ1) is 12.3. The van der Waals surface area contributed by atoms with Gasteiger partial charge in [-0.15, -0.1) is 0 Å². The van der Waals surface area contributed by atoms with Crippen molar-refractivity contribution >= 4 is 11.9 Å². The van der Waals surface area contributed by atoms with E-state index in [-0.39, 0.29) is 12.3 Å². The number of primary amides is 1. The van der Waals surface area contributed by atoms with E-state index in [1.54, 1.807) is 17.9 Å². The molecule has 1 aliphatic heterocycles. The van der Waals surface area contributed by atoms with Crippen LogP contribution in [0.3, 0.4) is 0 Å². The summed E-state index contributed by atoms with van der Waals surface area (Å²) in [5, 5.41) is 8.88. The summed E-state index contributed by atoms with van der Waals surface area (Å²) < 4.78 is 5.22. The van der Waals surface area contributed by atoms with Gasteiger partial charge in [-0.25, -0.2) is 9.97 Å². The van der Waals surface area contributed by atoms with Crippen LogP contribution < -0.4 is 10.6 Å². The third-order valence-electron chi connectivity index (χ3n) is 2.67. The average molecular weight is 247 g/mol. The highest BCUT2D eigenvalue weighted by Crippen LogP contribution is 2.16. The molecular weight excluding hydrogens is 234 g/mol. The van der Waals surface area contributed by atoms with Crippen LogP contribution in [-0.2, 0) is 9.53 Å². The molecule has 0 saturated carbocycles. The number of amides is 1. The Morgan fingerprint density at radius 3 is 3.11 bits per heavy atom. The van der Waals surface area contributed by atoms with E-state index in [2.05, 4.69) is 9.97 Å². The molecule has 0 spiro atoms. The highest BCUT2D eigenvalue weighted by Gasteiger charge is 2.29. The largest absolute Gasteiger partial charge is 0.377 e. The van der Waals surface area contributed by atoms with Gasteiger partial charge in [0.15, 0.2) is 0 Å². The van der Waals surface area contributed by atoms with Crippen LogP contribution in [0.2, 0.25) is 0 Å². The predicted molar refractivity (Wildman–Crippen MR) is 62.6 cm³/mol. The maximum absolute atomic E-state index is 11.4. The number of hydrogen-bond donors (Lipinski definition) is 1. The fourth-order valence-corrected chi connectivity index (χ4v) is 1.82. The molecule has 0 aliphatic carbocycles. The lowest BCUT2D eigenvalue weighted by molar-refractivity contribution is -0.121. The van der Waals surface area contributed by atoms with Gasteiger partial charge in [0.1, 0.15) is 17.8 Å². The standard InChI is InChI=1S/C11H13N5O2/c1-7-4-8(5-12)15-11(14-7)16-2-3-18-6-9(16)10(13)17/h4,9H,2-3,6H2,1H3,(H2,13,17). The van der Waals surface area contributed by atoms with E-state index >= 15 is 0 Å². The van der Waals surface area contributed by atoms with Gasteiger partial charge >= 0.3 is 0 Å². The zero-order valence-electron chi connectivity index (χ0n) is 9.96. The molecule has 0 bridgehead atoms. The van der Waals surface area contributed by atoms with Crippen molar-refractivity contribution in [3.05, 3.63) is 17.5 Å². The topological polar surface area (TPSA) is 105 Å². The molecule has 7 nitrogen and oxygen atoms in total. The third kappa shape index (κ3) is 2.38. The summed E-state index contributed by atoms with van der Waals surface area (Å²) in [5.74, 6) is -0.142. The molecule has 0 aromatic carbocycles. The molecular formula is C11H13N5O2. The van der Waals surface area contributed by atoms with Crippen LogP contribution in [0.5, 0.6) is 0 Å². The zero-order valence-corrected chi connectivity index (χ0v) is 9.96. The molecule has 0 radical (unpaired) electrons. The molecule has 1 fully saturated rings. The lowest BCUT2D eigenvalue weighted by Crippen LogP contribution is -2.53. The second-order valence-electron chi connectivity index (χ2n) is 3.99. The smallest absolute Gasteiger partial charge is 0.242 e. The first-order valence-corrected chi connectivity index (χ1v) is 5.51. The molecule has 1 aromatic rings. The second kappa shape index (κ2) is 4.98. The van der Waals surface area contributed by atoms with Gasteiger partial charge in [0.25, 0.3) is 0 Å². The molecule has 1 atom stereocenters. The van der Waals surface area contributed by atoms with Gasteiger partial charge in [0.2, 0.25) is 11.9 Å². The number of anilines is 1. The molecule has 7 heteroatoms. The van der Waals surface area contributed by atoms with Crippen LogP contribution >= 0.6 is 0 Å². The van der Waals surface area contributed by atoms with Gasteiger partial charge in [-0.3, -0.25) is 4.79 Å². The quantitative estimate of drug-likeness (QED) is 0.744. The zero-order chi connectivity index (χ0) is 13.1. The number of hydrogen-bond acceptors (Lipinski definition) is 6. The lowest BCUT2D eigenvalue weighted by Gasteiger charge is -2.33. The van der Waals surface area contributed by atoms with E-state index < -0.39 is 11.9 Å². The van der Waals surface area contributed by atoms with Crippen LogP contribution in [-0.4, -0.2) is 41.7 Å². The van der Waals surface area contributed by atoms with Crippen LogP contribution in [0.1, 0.15) is 11.4 Å². The van der Waals surface area contributed by atoms with Gasteiger partial charge in [-0.2, -0.15) is 5.26 Å². The van der Waals surface area contributed by atoms with Gasteiger partial charge < -0.3 is 15.4 Å². The van der Waals surface area contributed by atoms with E-state index in [1.807, 2.05) is 6.07 Å². The third-order valence-corrected chi connectivity index (χ3v) is 2.67. The predicted octanol–water partition coefficient (Wildman–Crippen LogP) is -0.653. The van der Waals surface area contributed by atoms with Crippen molar-refractivity contribution in [3.8, 4) is 6.07 Å². The number of nitriles is 1. The van der Waals surface area contributed by atoms with Gasteiger partial charge in [0.05, 0.1) is 13.2 Å². The van der Waals surface area contributed by atoms with Crippen molar-refractivity contribution in [2.24, 2.45) is 5.73 Å². The van der Waals surface area contributed by atoms with E-state index in [0.29, 0.717) is 24.8 Å². The summed E-state index contributed by atoms with van der Waals surface area (Å²) in [6.07, 6.45) is 0. The Morgan fingerprint density at radius 1 is 1.67 bits per heavy atom. The SMILES string of the molecule is Cc1cc(C#N)nc(N2CCOCC2C(N)=O)n1. The van der Waals surface area contributed by atoms with Crippen LogP contribution in [0, 0.1) is 18.3 Å². The second-order valence-corrected chi connectivity index (χ2v) is 3.99. The summed E-state index contributed by atoms with van der Waals surface area (Å²) in [5.41, 5.74) is 6.27. The molecule has 2 heterocycles. The van der Waals surface area contributed by atoms with E-state index in [9.17, 15) is 4.79 Å². The summed E-state index contributed by atoms with van der Waals surface area (Å²) >= 11 is 0. The molecule has 2 rings (SSSR count). The molecule has 1 aromatic heterocycles. The number of carbonyl (C=O) groups is 1. The van der Waals surface area contributed by atoms with Crippen molar-refractivity contribution in [2.45, 2.75) is 13.0 Å². The molecule has 1 aliphatic rings. The molecule has 18 heavy (non-hydrogen) atoms. The number of nitrogens with two attached hydrogens (primary N) is 1. The van der Waals surface area contributed by atoms with Crippen molar-refractivity contribution in [3.63, 3.8) is 0 Å².